The molecule has 1 aromatic rings. The standard InChI is InChI=1S/C7H5NO3S.C4H8O5.Ca.Na.3H/c9-7-5-3-1-2-4-6(5)12(10,11)8-7;5-1-3(6)2-9-4(7)8;;;;;/h1-4H,(H,8,9);3,5-6H,1-2H2,(H,7,8);;;;;/q;;+2;+1;3*-1. The summed E-state index contributed by atoms with van der Waals surface area (Å²) >= 11 is 0. The van der Waals surface area contributed by atoms with E-state index in [1.54, 1.807) is 12.1 Å². The average molecular weight is 385 g/mol. The van der Waals surface area contributed by atoms with Gasteiger partial charge in [-0.1, -0.05) is 12.1 Å². The van der Waals surface area contributed by atoms with E-state index in [-0.39, 0.29) is 88.6 Å². The fourth-order valence-electron chi connectivity index (χ4n) is 1.34. The van der Waals surface area contributed by atoms with E-state index in [2.05, 4.69) is 4.74 Å². The normalized spacial score (nSPS) is 14.6. The van der Waals surface area contributed by atoms with Crippen LogP contribution in [0.2, 0.25) is 0 Å². The minimum absolute atomic E-state index is 0. The number of ether oxygens (including phenoxy) is 1. The van der Waals surface area contributed by atoms with Crippen molar-refractivity contribution in [2.75, 3.05) is 13.2 Å². The Hall–Kier alpha value is 0.0897. The molecule has 23 heavy (non-hydrogen) atoms. The molecule has 0 aliphatic carbocycles. The largest absolute Gasteiger partial charge is 2.00 e. The Morgan fingerprint density at radius 2 is 1.91 bits per heavy atom. The number of hydrogen-bond acceptors (Lipinski definition) is 7. The number of carbonyl (C=O) groups is 2. The maximum atomic E-state index is 11.1. The zero-order valence-corrected chi connectivity index (χ0v) is 17.3. The van der Waals surface area contributed by atoms with Crippen LogP contribution in [-0.4, -0.2) is 92.9 Å². The van der Waals surface area contributed by atoms with E-state index >= 15 is 0 Å². The zero-order valence-electron chi connectivity index (χ0n) is 15.3. The number of sulfonamides is 1. The second-order valence-corrected chi connectivity index (χ2v) is 5.49. The van der Waals surface area contributed by atoms with Gasteiger partial charge in [0.05, 0.1) is 12.2 Å². The van der Waals surface area contributed by atoms with E-state index in [9.17, 15) is 18.0 Å². The van der Waals surface area contributed by atoms with Crippen LogP contribution in [0, 0.1) is 0 Å². The van der Waals surface area contributed by atoms with Gasteiger partial charge >= 0.3 is 73.5 Å². The third kappa shape index (κ3) is 8.14. The number of aliphatic hydroxyl groups is 2. The zero-order chi connectivity index (χ0) is 16.0. The topological polar surface area (TPSA) is 150 Å². The number of fused-ring (bicyclic) bond motifs is 1. The van der Waals surface area contributed by atoms with E-state index < -0.39 is 34.8 Å². The third-order valence-electron chi connectivity index (χ3n) is 2.26. The van der Waals surface area contributed by atoms with Crippen LogP contribution >= 0.6 is 0 Å². The molecule has 9 nitrogen and oxygen atoms in total. The Labute approximate surface area is 188 Å². The molecule has 2 rings (SSSR count). The minimum Gasteiger partial charge on any atom is -1.00 e. The summed E-state index contributed by atoms with van der Waals surface area (Å²) in [5.41, 5.74) is 0.220. The molecule has 1 amide bonds. The smallest absolute Gasteiger partial charge is 1.00 e. The first-order chi connectivity index (χ1) is 9.77. The predicted octanol–water partition coefficient (Wildman–Crippen LogP) is -3.89. The summed E-state index contributed by atoms with van der Waals surface area (Å²) in [7, 11) is -3.55. The van der Waals surface area contributed by atoms with Gasteiger partial charge in [-0.15, -0.1) is 0 Å². The molecule has 0 bridgehead atoms. The molecule has 122 valence electrons. The quantitative estimate of drug-likeness (QED) is 0.305. The first kappa shape index (κ1) is 25.3. The number of benzene rings is 1. The molecular formula is C11H16CaNNaO8S. The Kier molecular flexibility index (Phi) is 12.8. The summed E-state index contributed by atoms with van der Waals surface area (Å²) in [6.07, 6.45) is -2.57. The van der Waals surface area contributed by atoms with Crippen molar-refractivity contribution < 1.29 is 71.9 Å². The van der Waals surface area contributed by atoms with Gasteiger partial charge in [0.15, 0.2) is 0 Å². The second-order valence-electron chi connectivity index (χ2n) is 3.84. The van der Waals surface area contributed by atoms with Gasteiger partial charge in [0.25, 0.3) is 15.9 Å². The Morgan fingerprint density at radius 1 is 1.35 bits per heavy atom. The summed E-state index contributed by atoms with van der Waals surface area (Å²) in [6.45, 7) is -0.876. The van der Waals surface area contributed by atoms with Gasteiger partial charge < -0.3 is 24.3 Å². The van der Waals surface area contributed by atoms with E-state index in [1.807, 2.05) is 4.72 Å². The van der Waals surface area contributed by atoms with E-state index in [4.69, 9.17) is 15.3 Å². The summed E-state index contributed by atoms with van der Waals surface area (Å²) in [6, 6.07) is 6.09. The van der Waals surface area contributed by atoms with E-state index in [1.165, 1.54) is 12.1 Å². The predicted molar refractivity (Wildman–Crippen MR) is 77.3 cm³/mol. The molecular weight excluding hydrogens is 369 g/mol. The first-order valence-corrected chi connectivity index (χ1v) is 7.07. The molecule has 1 atom stereocenters. The number of aliphatic hydroxyl groups excluding tert-OH is 2. The molecule has 1 heterocycles. The monoisotopic (exact) mass is 385 g/mol. The van der Waals surface area contributed by atoms with Crippen molar-refractivity contribution in [1.29, 1.82) is 0 Å². The summed E-state index contributed by atoms with van der Waals surface area (Å²) < 4.78 is 28.1. The molecule has 4 N–H and O–H groups in total. The number of nitrogens with one attached hydrogen (secondary N) is 1. The van der Waals surface area contributed by atoms with Crippen LogP contribution in [0.15, 0.2) is 29.2 Å². The second kappa shape index (κ2) is 11.6. The van der Waals surface area contributed by atoms with Gasteiger partial charge in [0, 0.05) is 0 Å². The van der Waals surface area contributed by atoms with Crippen LogP contribution in [0.1, 0.15) is 14.6 Å². The molecule has 0 aromatic heterocycles. The Balaban J connectivity index is -0.0000000979. The van der Waals surface area contributed by atoms with Crippen LogP contribution in [0.5, 0.6) is 0 Å². The average Bonchev–Trinajstić information content (AvgIpc) is 2.67. The van der Waals surface area contributed by atoms with Crippen molar-refractivity contribution in [1.82, 2.24) is 4.72 Å². The summed E-state index contributed by atoms with van der Waals surface area (Å²) in [5.74, 6) is -0.550. The Morgan fingerprint density at radius 3 is 2.39 bits per heavy atom. The molecule has 1 aliphatic heterocycles. The van der Waals surface area contributed by atoms with Crippen molar-refractivity contribution in [2.45, 2.75) is 11.0 Å². The maximum absolute atomic E-state index is 11.1. The number of amides is 1. The number of carboxylic acid groups (broad SMARTS) is 1. The van der Waals surface area contributed by atoms with Crippen LogP contribution in [0.4, 0.5) is 4.79 Å². The van der Waals surface area contributed by atoms with Crippen molar-refractivity contribution in [2.24, 2.45) is 0 Å². The van der Waals surface area contributed by atoms with Crippen LogP contribution < -0.4 is 34.3 Å². The summed E-state index contributed by atoms with van der Waals surface area (Å²) in [5, 5.41) is 24.4. The molecule has 1 aromatic carbocycles. The SMILES string of the molecule is O=C(O)OCC(O)CO.O=C1NS(=O)(=O)c2ccccc21.[Ca+2].[H-].[H-].[H-].[Na+]. The van der Waals surface area contributed by atoms with E-state index in [0.717, 1.165) is 0 Å². The van der Waals surface area contributed by atoms with E-state index in [0.29, 0.717) is 0 Å². The van der Waals surface area contributed by atoms with Crippen molar-refractivity contribution >= 4 is 59.8 Å². The molecule has 0 fully saturated rings. The molecule has 1 unspecified atom stereocenters. The van der Waals surface area contributed by atoms with Crippen LogP contribution in [0.25, 0.3) is 0 Å². The molecule has 0 saturated carbocycles. The fourth-order valence-corrected chi connectivity index (χ4v) is 2.51. The minimum atomic E-state index is -3.55. The van der Waals surface area contributed by atoms with Crippen molar-refractivity contribution in [3.63, 3.8) is 0 Å². The van der Waals surface area contributed by atoms with Crippen LogP contribution in [0.3, 0.4) is 0 Å². The van der Waals surface area contributed by atoms with Crippen molar-refractivity contribution in [3.8, 4) is 0 Å². The Bertz CT molecular complexity index is 652. The molecule has 0 saturated heterocycles. The number of rotatable bonds is 3. The maximum Gasteiger partial charge on any atom is 2.00 e. The fraction of sp³-hybridized carbons (Fsp3) is 0.273. The summed E-state index contributed by atoms with van der Waals surface area (Å²) in [4.78, 5) is 20.7. The van der Waals surface area contributed by atoms with Gasteiger partial charge in [0.2, 0.25) is 0 Å². The first-order valence-electron chi connectivity index (χ1n) is 5.58. The van der Waals surface area contributed by atoms with Crippen LogP contribution in [-0.2, 0) is 14.8 Å². The van der Waals surface area contributed by atoms with Gasteiger partial charge in [-0.2, -0.15) is 0 Å². The molecule has 1 aliphatic rings. The number of carbonyl (C=O) groups excluding carboxylic acids is 1. The molecule has 0 radical (unpaired) electrons. The number of hydrogen-bond donors (Lipinski definition) is 4. The van der Waals surface area contributed by atoms with Gasteiger partial charge in [-0.05, 0) is 12.1 Å². The van der Waals surface area contributed by atoms with Gasteiger partial charge in [-0.25, -0.2) is 17.9 Å². The van der Waals surface area contributed by atoms with Crippen molar-refractivity contribution in [3.05, 3.63) is 29.8 Å². The van der Waals surface area contributed by atoms with Gasteiger partial charge in [-0.3, -0.25) is 4.79 Å². The molecule has 0 spiro atoms. The third-order valence-corrected chi connectivity index (χ3v) is 3.65. The van der Waals surface area contributed by atoms with Gasteiger partial charge in [0.1, 0.15) is 17.6 Å². The molecule has 12 heteroatoms.